The lowest BCUT2D eigenvalue weighted by atomic mass is 10.1. The van der Waals surface area contributed by atoms with Crippen molar-refractivity contribution in [2.24, 2.45) is 7.05 Å². The van der Waals surface area contributed by atoms with Gasteiger partial charge in [-0.3, -0.25) is 9.36 Å². The van der Waals surface area contributed by atoms with Crippen LogP contribution in [0.2, 0.25) is 0 Å². The van der Waals surface area contributed by atoms with Gasteiger partial charge < -0.3 is 10.2 Å². The van der Waals surface area contributed by atoms with Crippen molar-refractivity contribution >= 4 is 22.6 Å². The number of aromatic nitrogens is 2. The smallest absolute Gasteiger partial charge is 0.318 e. The number of rotatable bonds is 4. The maximum Gasteiger partial charge on any atom is 0.322 e. The van der Waals surface area contributed by atoms with E-state index in [9.17, 15) is 9.59 Å². The van der Waals surface area contributed by atoms with E-state index in [1.807, 2.05) is 49.4 Å². The first-order chi connectivity index (χ1) is 12.9. The van der Waals surface area contributed by atoms with Crippen LogP contribution in [0.25, 0.3) is 10.9 Å². The largest absolute Gasteiger partial charge is 0.322 e. The van der Waals surface area contributed by atoms with Crippen LogP contribution in [0.4, 0.5) is 10.5 Å². The van der Waals surface area contributed by atoms with Crippen molar-refractivity contribution in [3.05, 3.63) is 70.3 Å². The van der Waals surface area contributed by atoms with Gasteiger partial charge in [0.2, 0.25) is 0 Å². The summed E-state index contributed by atoms with van der Waals surface area (Å²) in [5.74, 6) is 0.540. The van der Waals surface area contributed by atoms with Gasteiger partial charge in [-0.1, -0.05) is 31.2 Å². The molecule has 2 amide bonds. The lowest BCUT2D eigenvalue weighted by Crippen LogP contribution is -2.37. The molecular weight excluding hydrogens is 340 g/mol. The Morgan fingerprint density at radius 1 is 1.19 bits per heavy atom. The molecule has 3 aromatic rings. The molecule has 1 atom stereocenters. The van der Waals surface area contributed by atoms with E-state index >= 15 is 0 Å². The monoisotopic (exact) mass is 364 g/mol. The Morgan fingerprint density at radius 3 is 2.52 bits per heavy atom. The average molecular weight is 364 g/mol. The predicted molar refractivity (Wildman–Crippen MR) is 108 cm³/mol. The minimum Gasteiger partial charge on any atom is -0.318 e. The highest BCUT2D eigenvalue weighted by Crippen LogP contribution is 2.19. The van der Waals surface area contributed by atoms with Crippen molar-refractivity contribution < 1.29 is 4.79 Å². The van der Waals surface area contributed by atoms with Crippen LogP contribution in [0.5, 0.6) is 0 Å². The molecule has 0 aliphatic rings. The maximum atomic E-state index is 12.6. The van der Waals surface area contributed by atoms with Crippen LogP contribution in [-0.2, 0) is 13.5 Å². The summed E-state index contributed by atoms with van der Waals surface area (Å²) >= 11 is 0. The fraction of sp³-hybridized carbons (Fsp3) is 0.286. The minimum absolute atomic E-state index is 0.119. The average Bonchev–Trinajstić information content (AvgIpc) is 2.70. The number of hydrogen-bond acceptors (Lipinski definition) is 3. The van der Waals surface area contributed by atoms with E-state index in [1.54, 1.807) is 25.1 Å². The Hall–Kier alpha value is -3.15. The number of carbonyl (C=O) groups excluding carboxylic acids is 1. The highest BCUT2D eigenvalue weighted by molar-refractivity contribution is 5.89. The fourth-order valence-corrected chi connectivity index (χ4v) is 2.99. The molecule has 27 heavy (non-hydrogen) atoms. The zero-order valence-corrected chi connectivity index (χ0v) is 16.1. The Kier molecular flexibility index (Phi) is 5.26. The van der Waals surface area contributed by atoms with Crippen LogP contribution >= 0.6 is 0 Å². The molecule has 0 saturated carbocycles. The van der Waals surface area contributed by atoms with Gasteiger partial charge in [0.05, 0.1) is 16.9 Å². The molecule has 140 valence electrons. The summed E-state index contributed by atoms with van der Waals surface area (Å²) in [5.41, 5.74) is 2.46. The van der Waals surface area contributed by atoms with Crippen LogP contribution in [0.1, 0.15) is 31.3 Å². The van der Waals surface area contributed by atoms with Crippen molar-refractivity contribution in [2.75, 3.05) is 12.4 Å². The SMILES string of the molecule is CCc1ccc(NC(=O)N(C)C(C)c2nc3ccccc3c(=O)n2C)cc1. The predicted octanol–water partition coefficient (Wildman–Crippen LogP) is 3.72. The van der Waals surface area contributed by atoms with E-state index < -0.39 is 0 Å². The van der Waals surface area contributed by atoms with E-state index in [4.69, 9.17) is 0 Å². The maximum absolute atomic E-state index is 12.6. The second kappa shape index (κ2) is 7.61. The van der Waals surface area contributed by atoms with Crippen molar-refractivity contribution in [1.82, 2.24) is 14.5 Å². The summed E-state index contributed by atoms with van der Waals surface area (Å²) in [5, 5.41) is 3.46. The molecule has 0 aliphatic carbocycles. The first-order valence-corrected chi connectivity index (χ1v) is 9.00. The van der Waals surface area contributed by atoms with Gasteiger partial charge >= 0.3 is 6.03 Å². The Morgan fingerprint density at radius 2 is 1.85 bits per heavy atom. The number of nitrogens with zero attached hydrogens (tertiary/aromatic N) is 3. The molecule has 0 bridgehead atoms. The van der Waals surface area contributed by atoms with Crippen molar-refractivity contribution in [3.63, 3.8) is 0 Å². The fourth-order valence-electron chi connectivity index (χ4n) is 2.99. The molecule has 1 aromatic heterocycles. The molecule has 1 unspecified atom stereocenters. The minimum atomic E-state index is -0.373. The summed E-state index contributed by atoms with van der Waals surface area (Å²) in [6.07, 6.45) is 0.951. The summed E-state index contributed by atoms with van der Waals surface area (Å²) in [6, 6.07) is 14.4. The number of para-hydroxylation sites is 1. The van der Waals surface area contributed by atoms with Gasteiger partial charge in [-0.25, -0.2) is 9.78 Å². The zero-order chi connectivity index (χ0) is 19.6. The van der Waals surface area contributed by atoms with Crippen LogP contribution in [0.15, 0.2) is 53.3 Å². The number of carbonyl (C=O) groups is 1. The number of aryl methyl sites for hydroxylation is 1. The number of urea groups is 1. The highest BCUT2D eigenvalue weighted by Gasteiger charge is 2.22. The first kappa shape index (κ1) is 18.6. The Bertz CT molecular complexity index is 1020. The first-order valence-electron chi connectivity index (χ1n) is 9.00. The van der Waals surface area contributed by atoms with Gasteiger partial charge in [0.1, 0.15) is 5.82 Å². The van der Waals surface area contributed by atoms with Crippen LogP contribution in [0.3, 0.4) is 0 Å². The molecule has 0 radical (unpaired) electrons. The van der Waals surface area contributed by atoms with E-state index in [0.717, 1.165) is 12.1 Å². The second-order valence-electron chi connectivity index (χ2n) is 6.62. The Balaban J connectivity index is 1.84. The van der Waals surface area contributed by atoms with E-state index in [0.29, 0.717) is 16.7 Å². The molecule has 0 aliphatic heterocycles. The quantitative estimate of drug-likeness (QED) is 0.767. The normalized spacial score (nSPS) is 12.0. The number of benzene rings is 2. The van der Waals surface area contributed by atoms with Crippen molar-refractivity contribution in [3.8, 4) is 0 Å². The van der Waals surface area contributed by atoms with Gasteiger partial charge in [-0.05, 0) is 43.2 Å². The number of hydrogen-bond donors (Lipinski definition) is 1. The van der Waals surface area contributed by atoms with Gasteiger partial charge in [0.25, 0.3) is 5.56 Å². The number of anilines is 1. The molecule has 0 fully saturated rings. The van der Waals surface area contributed by atoms with Gasteiger partial charge in [0.15, 0.2) is 0 Å². The Labute approximate surface area is 158 Å². The summed E-state index contributed by atoms with van der Waals surface area (Å²) in [4.78, 5) is 31.4. The van der Waals surface area contributed by atoms with Crippen LogP contribution in [0, 0.1) is 0 Å². The zero-order valence-electron chi connectivity index (χ0n) is 16.1. The number of nitrogens with one attached hydrogen (secondary N) is 1. The van der Waals surface area contributed by atoms with Gasteiger partial charge in [0, 0.05) is 19.8 Å². The van der Waals surface area contributed by atoms with E-state index in [-0.39, 0.29) is 17.6 Å². The molecule has 0 saturated heterocycles. The van der Waals surface area contributed by atoms with Gasteiger partial charge in [-0.2, -0.15) is 0 Å². The van der Waals surface area contributed by atoms with Crippen LogP contribution in [-0.4, -0.2) is 27.5 Å². The standard InChI is InChI=1S/C21H24N4O2/c1-5-15-10-12-16(13-11-15)22-21(27)24(3)14(2)19-23-18-9-7-6-8-17(18)20(26)25(19)4/h6-14H,5H2,1-4H3,(H,22,27). The molecule has 3 rings (SSSR count). The summed E-state index contributed by atoms with van der Waals surface area (Å²) in [6.45, 7) is 3.94. The molecule has 0 spiro atoms. The third kappa shape index (κ3) is 3.69. The molecule has 2 aromatic carbocycles. The molecule has 1 heterocycles. The molecule has 6 nitrogen and oxygen atoms in total. The number of amides is 2. The van der Waals surface area contributed by atoms with Crippen LogP contribution < -0.4 is 10.9 Å². The van der Waals surface area contributed by atoms with Crippen molar-refractivity contribution in [2.45, 2.75) is 26.3 Å². The molecule has 1 N–H and O–H groups in total. The molecule has 6 heteroatoms. The lowest BCUT2D eigenvalue weighted by Gasteiger charge is -2.26. The highest BCUT2D eigenvalue weighted by atomic mass is 16.2. The van der Waals surface area contributed by atoms with Crippen molar-refractivity contribution in [1.29, 1.82) is 0 Å². The number of fused-ring (bicyclic) bond motifs is 1. The summed E-state index contributed by atoms with van der Waals surface area (Å²) < 4.78 is 1.51. The third-order valence-corrected chi connectivity index (χ3v) is 4.91. The van der Waals surface area contributed by atoms with E-state index in [2.05, 4.69) is 17.2 Å². The lowest BCUT2D eigenvalue weighted by molar-refractivity contribution is 0.205. The molecular formula is C21H24N4O2. The second-order valence-corrected chi connectivity index (χ2v) is 6.62. The summed E-state index contributed by atoms with van der Waals surface area (Å²) in [7, 11) is 3.38. The van der Waals surface area contributed by atoms with Gasteiger partial charge in [-0.15, -0.1) is 0 Å². The third-order valence-electron chi connectivity index (χ3n) is 4.91. The van der Waals surface area contributed by atoms with E-state index in [1.165, 1.54) is 10.1 Å². The topological polar surface area (TPSA) is 67.2 Å².